The van der Waals surface area contributed by atoms with E-state index in [0.29, 0.717) is 23.4 Å². The third kappa shape index (κ3) is 5.76. The molecule has 0 bridgehead atoms. The SMILES string of the molecule is CN(Cc1ccc(N2CCCCC2)cc1)C(=O)c1cccc(COc2ccccc2C(N)=O)c1. The van der Waals surface area contributed by atoms with Crippen molar-refractivity contribution >= 4 is 17.5 Å². The van der Waals surface area contributed by atoms with Gasteiger partial charge in [0.25, 0.3) is 11.8 Å². The number of piperidine rings is 1. The monoisotopic (exact) mass is 457 g/mol. The summed E-state index contributed by atoms with van der Waals surface area (Å²) in [4.78, 5) is 28.8. The van der Waals surface area contributed by atoms with E-state index in [-0.39, 0.29) is 12.5 Å². The van der Waals surface area contributed by atoms with Gasteiger partial charge in [-0.15, -0.1) is 0 Å². The molecular formula is C28H31N3O3. The lowest BCUT2D eigenvalue weighted by atomic mass is 10.1. The van der Waals surface area contributed by atoms with Gasteiger partial charge in [-0.05, 0) is 66.8 Å². The number of para-hydroxylation sites is 1. The maximum atomic E-state index is 13.0. The van der Waals surface area contributed by atoms with Crippen molar-refractivity contribution in [3.8, 4) is 5.75 Å². The summed E-state index contributed by atoms with van der Waals surface area (Å²) >= 11 is 0. The van der Waals surface area contributed by atoms with Crippen molar-refractivity contribution in [2.45, 2.75) is 32.4 Å². The van der Waals surface area contributed by atoms with Gasteiger partial charge in [-0.1, -0.05) is 36.4 Å². The van der Waals surface area contributed by atoms with E-state index in [4.69, 9.17) is 10.5 Å². The lowest BCUT2D eigenvalue weighted by Crippen LogP contribution is -2.29. The van der Waals surface area contributed by atoms with Gasteiger partial charge in [0, 0.05) is 37.9 Å². The Kier molecular flexibility index (Phi) is 7.48. The molecule has 3 aromatic rings. The molecule has 0 atom stereocenters. The van der Waals surface area contributed by atoms with Gasteiger partial charge in [-0.2, -0.15) is 0 Å². The minimum absolute atomic E-state index is 0.0560. The molecule has 0 radical (unpaired) electrons. The first-order chi connectivity index (χ1) is 16.5. The summed E-state index contributed by atoms with van der Waals surface area (Å²) in [6.45, 7) is 3.00. The maximum absolute atomic E-state index is 13.0. The van der Waals surface area contributed by atoms with Gasteiger partial charge in [-0.25, -0.2) is 0 Å². The molecule has 2 amide bonds. The van der Waals surface area contributed by atoms with E-state index in [0.717, 1.165) is 24.2 Å². The third-order valence-electron chi connectivity index (χ3n) is 6.14. The van der Waals surface area contributed by atoms with E-state index in [1.165, 1.54) is 24.9 Å². The number of nitrogens with two attached hydrogens (primary N) is 1. The molecule has 4 rings (SSSR count). The van der Waals surface area contributed by atoms with Crippen molar-refractivity contribution in [2.24, 2.45) is 5.73 Å². The summed E-state index contributed by atoms with van der Waals surface area (Å²) in [6, 6.07) is 22.7. The predicted octanol–water partition coefficient (Wildman–Crippen LogP) is 4.63. The molecule has 176 valence electrons. The number of anilines is 1. The van der Waals surface area contributed by atoms with Crippen LogP contribution in [-0.4, -0.2) is 36.9 Å². The number of amides is 2. The fraction of sp³-hybridized carbons (Fsp3) is 0.286. The second-order valence-electron chi connectivity index (χ2n) is 8.72. The third-order valence-corrected chi connectivity index (χ3v) is 6.14. The first kappa shape index (κ1) is 23.4. The van der Waals surface area contributed by atoms with Gasteiger partial charge < -0.3 is 20.3 Å². The Morgan fingerprint density at radius 2 is 1.65 bits per heavy atom. The summed E-state index contributed by atoms with van der Waals surface area (Å²) in [5.41, 5.74) is 9.53. The van der Waals surface area contributed by atoms with Crippen LogP contribution in [-0.2, 0) is 13.2 Å². The van der Waals surface area contributed by atoms with Crippen molar-refractivity contribution in [2.75, 3.05) is 25.0 Å². The summed E-state index contributed by atoms with van der Waals surface area (Å²) in [5, 5.41) is 0. The average Bonchev–Trinajstić information content (AvgIpc) is 2.88. The Balaban J connectivity index is 1.37. The van der Waals surface area contributed by atoms with Crippen LogP contribution in [0.15, 0.2) is 72.8 Å². The largest absolute Gasteiger partial charge is 0.488 e. The van der Waals surface area contributed by atoms with E-state index in [1.807, 2.05) is 25.2 Å². The van der Waals surface area contributed by atoms with E-state index in [9.17, 15) is 9.59 Å². The number of ether oxygens (including phenoxy) is 1. The van der Waals surface area contributed by atoms with Crippen molar-refractivity contribution < 1.29 is 14.3 Å². The van der Waals surface area contributed by atoms with Crippen LogP contribution in [0.4, 0.5) is 5.69 Å². The van der Waals surface area contributed by atoms with Crippen LogP contribution in [0.5, 0.6) is 5.75 Å². The zero-order valence-electron chi connectivity index (χ0n) is 19.6. The lowest BCUT2D eigenvalue weighted by Gasteiger charge is -2.29. The van der Waals surface area contributed by atoms with Crippen LogP contribution in [0.3, 0.4) is 0 Å². The second-order valence-corrected chi connectivity index (χ2v) is 8.72. The molecule has 3 aromatic carbocycles. The van der Waals surface area contributed by atoms with Gasteiger partial charge in [0.2, 0.25) is 0 Å². The Hall–Kier alpha value is -3.80. The Bertz CT molecular complexity index is 1140. The molecule has 1 saturated heterocycles. The molecule has 2 N–H and O–H groups in total. The highest BCUT2D eigenvalue weighted by molar-refractivity contribution is 5.95. The first-order valence-electron chi connectivity index (χ1n) is 11.7. The Morgan fingerprint density at radius 1 is 0.912 bits per heavy atom. The average molecular weight is 458 g/mol. The number of carbonyl (C=O) groups is 2. The quantitative estimate of drug-likeness (QED) is 0.535. The molecule has 0 aromatic heterocycles. The predicted molar refractivity (Wildman–Crippen MR) is 134 cm³/mol. The molecule has 1 fully saturated rings. The highest BCUT2D eigenvalue weighted by Crippen LogP contribution is 2.22. The number of nitrogens with zero attached hydrogens (tertiary/aromatic N) is 2. The fourth-order valence-corrected chi connectivity index (χ4v) is 4.28. The topological polar surface area (TPSA) is 75.9 Å². The van der Waals surface area contributed by atoms with Crippen LogP contribution in [0, 0.1) is 0 Å². The highest BCUT2D eigenvalue weighted by atomic mass is 16.5. The molecule has 1 aliphatic heterocycles. The van der Waals surface area contributed by atoms with Crippen molar-refractivity contribution in [1.29, 1.82) is 0 Å². The van der Waals surface area contributed by atoms with Crippen LogP contribution < -0.4 is 15.4 Å². The summed E-state index contributed by atoms with van der Waals surface area (Å²) < 4.78 is 5.81. The fourth-order valence-electron chi connectivity index (χ4n) is 4.28. The normalized spacial score (nSPS) is 13.4. The molecular weight excluding hydrogens is 426 g/mol. The minimum Gasteiger partial charge on any atom is -0.488 e. The number of rotatable bonds is 8. The number of primary amides is 1. The smallest absolute Gasteiger partial charge is 0.253 e. The van der Waals surface area contributed by atoms with E-state index in [2.05, 4.69) is 29.2 Å². The van der Waals surface area contributed by atoms with Crippen LogP contribution >= 0.6 is 0 Å². The Morgan fingerprint density at radius 3 is 2.38 bits per heavy atom. The highest BCUT2D eigenvalue weighted by Gasteiger charge is 2.15. The number of hydrogen-bond donors (Lipinski definition) is 1. The summed E-state index contributed by atoms with van der Waals surface area (Å²) in [6.07, 6.45) is 3.82. The standard InChI is InChI=1S/C28H31N3O3/c1-30(19-21-12-14-24(15-13-21)31-16-5-2-6-17-31)28(33)23-9-7-8-22(18-23)20-34-26-11-4-3-10-25(26)27(29)32/h3-4,7-15,18H,2,5-6,16-17,19-20H2,1H3,(H2,29,32). The minimum atomic E-state index is -0.537. The zero-order valence-corrected chi connectivity index (χ0v) is 19.6. The van der Waals surface area contributed by atoms with Gasteiger partial charge >= 0.3 is 0 Å². The van der Waals surface area contributed by atoms with Crippen LogP contribution in [0.25, 0.3) is 0 Å². The number of carbonyl (C=O) groups excluding carboxylic acids is 2. The molecule has 0 saturated carbocycles. The van der Waals surface area contributed by atoms with Gasteiger partial charge in [0.15, 0.2) is 0 Å². The van der Waals surface area contributed by atoms with Gasteiger partial charge in [0.1, 0.15) is 12.4 Å². The lowest BCUT2D eigenvalue weighted by molar-refractivity contribution is 0.0784. The molecule has 34 heavy (non-hydrogen) atoms. The zero-order chi connectivity index (χ0) is 23.9. The van der Waals surface area contributed by atoms with Crippen molar-refractivity contribution in [3.63, 3.8) is 0 Å². The van der Waals surface area contributed by atoms with E-state index in [1.54, 1.807) is 35.2 Å². The van der Waals surface area contributed by atoms with E-state index < -0.39 is 5.91 Å². The molecule has 6 nitrogen and oxygen atoms in total. The Labute approximate surface area is 200 Å². The van der Waals surface area contributed by atoms with Crippen molar-refractivity contribution in [1.82, 2.24) is 4.90 Å². The summed E-state index contributed by atoms with van der Waals surface area (Å²) in [7, 11) is 1.81. The molecule has 6 heteroatoms. The first-order valence-corrected chi connectivity index (χ1v) is 11.7. The van der Waals surface area contributed by atoms with Crippen LogP contribution in [0.2, 0.25) is 0 Å². The van der Waals surface area contributed by atoms with E-state index >= 15 is 0 Å². The maximum Gasteiger partial charge on any atom is 0.253 e. The van der Waals surface area contributed by atoms with Gasteiger partial charge in [-0.3, -0.25) is 9.59 Å². The summed E-state index contributed by atoms with van der Waals surface area (Å²) in [5.74, 6) is -0.165. The number of hydrogen-bond acceptors (Lipinski definition) is 4. The van der Waals surface area contributed by atoms with Gasteiger partial charge in [0.05, 0.1) is 5.56 Å². The number of benzene rings is 3. The van der Waals surface area contributed by atoms with Crippen molar-refractivity contribution in [3.05, 3.63) is 95.1 Å². The van der Waals surface area contributed by atoms with Crippen LogP contribution in [0.1, 0.15) is 51.1 Å². The molecule has 1 aliphatic rings. The molecule has 0 aliphatic carbocycles. The second kappa shape index (κ2) is 10.9. The molecule has 0 spiro atoms. The molecule has 1 heterocycles. The molecule has 0 unspecified atom stereocenters.